The Kier molecular flexibility index (Phi) is 3.18. The highest BCUT2D eigenvalue weighted by Gasteiger charge is 2.10. The van der Waals surface area contributed by atoms with Crippen molar-refractivity contribution < 1.29 is 4.21 Å². The molecule has 2 aromatic heterocycles. The molecule has 3 nitrogen and oxygen atoms in total. The van der Waals surface area contributed by atoms with Gasteiger partial charge in [-0.2, -0.15) is 0 Å². The second-order valence-corrected chi connectivity index (χ2v) is 6.40. The summed E-state index contributed by atoms with van der Waals surface area (Å²) in [4.78, 5) is 5.33. The number of rotatable bonds is 2. The maximum Gasteiger partial charge on any atom is 0.140 e. The number of benzene rings is 1. The fourth-order valence-corrected chi connectivity index (χ4v) is 3.00. The van der Waals surface area contributed by atoms with Gasteiger partial charge in [0, 0.05) is 52.3 Å². The lowest BCUT2D eigenvalue weighted by Crippen LogP contribution is -1.87. The Balaban J connectivity index is 2.26. The summed E-state index contributed by atoms with van der Waals surface area (Å²) in [5.74, 6) is 0. The molecule has 0 fully saturated rings. The zero-order valence-corrected chi connectivity index (χ0v) is 12.6. The predicted molar refractivity (Wildman–Crippen MR) is 83.2 cm³/mol. The first kappa shape index (κ1) is 13.1. The van der Waals surface area contributed by atoms with Gasteiger partial charge in [-0.15, -0.1) is 0 Å². The molecule has 0 aliphatic rings. The van der Waals surface area contributed by atoms with Gasteiger partial charge in [0.1, 0.15) is 5.65 Å². The highest BCUT2D eigenvalue weighted by molar-refractivity contribution is 7.84. The third-order valence-corrected chi connectivity index (χ3v) is 4.35. The molecule has 3 aromatic rings. The third kappa shape index (κ3) is 2.16. The highest BCUT2D eigenvalue weighted by atomic mass is 32.2. The molecule has 0 aliphatic carbocycles. The van der Waals surface area contributed by atoms with Crippen molar-refractivity contribution in [3.63, 3.8) is 0 Å². The molecule has 2 heterocycles. The quantitative estimate of drug-likeness (QED) is 0.724. The van der Waals surface area contributed by atoms with Crippen molar-refractivity contribution >= 4 is 21.8 Å². The lowest BCUT2D eigenvalue weighted by molar-refractivity contribution is 0.687. The lowest BCUT2D eigenvalue weighted by Gasteiger charge is -2.02. The molecule has 20 heavy (non-hydrogen) atoms. The molecule has 0 spiro atoms. The first-order valence-corrected chi connectivity index (χ1v) is 7.97. The topological polar surface area (TPSA) is 34.9 Å². The van der Waals surface area contributed by atoms with Crippen LogP contribution in [0.25, 0.3) is 22.2 Å². The van der Waals surface area contributed by atoms with Crippen molar-refractivity contribution in [1.29, 1.82) is 0 Å². The standard InChI is InChI=1S/C16H16N2OS/c1-11-7-14-15(10-18(2)16(14)17-9-11)12-5-4-6-13(8-12)20(3)19/h4-10H,1-3H3. The fraction of sp³-hybridized carbons (Fsp3) is 0.188. The summed E-state index contributed by atoms with van der Waals surface area (Å²) in [5, 5.41) is 1.13. The number of pyridine rings is 1. The van der Waals surface area contributed by atoms with Crippen LogP contribution in [-0.4, -0.2) is 20.0 Å². The van der Waals surface area contributed by atoms with Gasteiger partial charge in [-0.25, -0.2) is 4.98 Å². The Morgan fingerprint density at radius 3 is 2.80 bits per heavy atom. The normalized spacial score (nSPS) is 12.8. The zero-order chi connectivity index (χ0) is 14.3. The molecule has 1 atom stereocenters. The van der Waals surface area contributed by atoms with Gasteiger partial charge in [0.25, 0.3) is 0 Å². The van der Waals surface area contributed by atoms with Crippen LogP contribution in [0.3, 0.4) is 0 Å². The number of hydrogen-bond acceptors (Lipinski definition) is 2. The van der Waals surface area contributed by atoms with Crippen LogP contribution in [0, 0.1) is 6.92 Å². The largest absolute Gasteiger partial charge is 0.335 e. The van der Waals surface area contributed by atoms with Crippen molar-refractivity contribution in [1.82, 2.24) is 9.55 Å². The van der Waals surface area contributed by atoms with Gasteiger partial charge in [0.15, 0.2) is 0 Å². The Hall–Kier alpha value is -1.94. The first-order chi connectivity index (χ1) is 9.56. The van der Waals surface area contributed by atoms with E-state index in [-0.39, 0.29) is 0 Å². The minimum atomic E-state index is -0.967. The SMILES string of the molecule is Cc1cnc2c(c1)c(-c1cccc(S(C)=O)c1)cn2C. The van der Waals surface area contributed by atoms with Gasteiger partial charge < -0.3 is 4.57 Å². The van der Waals surface area contributed by atoms with Crippen molar-refractivity contribution in [2.75, 3.05) is 6.26 Å². The zero-order valence-electron chi connectivity index (χ0n) is 11.8. The maximum atomic E-state index is 11.6. The van der Waals surface area contributed by atoms with Gasteiger partial charge in [-0.1, -0.05) is 12.1 Å². The van der Waals surface area contributed by atoms with E-state index in [1.54, 1.807) is 6.26 Å². The molecule has 0 saturated heterocycles. The lowest BCUT2D eigenvalue weighted by atomic mass is 10.1. The number of hydrogen-bond donors (Lipinski definition) is 0. The number of aryl methyl sites for hydroxylation is 2. The molecule has 4 heteroatoms. The summed E-state index contributed by atoms with van der Waals surface area (Å²) in [6.45, 7) is 2.04. The van der Waals surface area contributed by atoms with Crippen LogP contribution in [0.15, 0.2) is 47.6 Å². The third-order valence-electron chi connectivity index (χ3n) is 3.43. The molecule has 0 bridgehead atoms. The van der Waals surface area contributed by atoms with E-state index in [0.29, 0.717) is 0 Å². The Morgan fingerprint density at radius 1 is 1.25 bits per heavy atom. The van der Waals surface area contributed by atoms with Crippen LogP contribution in [0.4, 0.5) is 0 Å². The van der Waals surface area contributed by atoms with E-state index in [2.05, 4.69) is 17.2 Å². The molecule has 1 unspecified atom stereocenters. The first-order valence-electron chi connectivity index (χ1n) is 6.42. The van der Waals surface area contributed by atoms with Crippen LogP contribution in [0.1, 0.15) is 5.56 Å². The van der Waals surface area contributed by atoms with E-state index in [1.165, 1.54) is 0 Å². The van der Waals surface area contributed by atoms with Gasteiger partial charge in [-0.05, 0) is 36.2 Å². The van der Waals surface area contributed by atoms with E-state index in [0.717, 1.165) is 32.6 Å². The molecular formula is C16H16N2OS. The highest BCUT2D eigenvalue weighted by Crippen LogP contribution is 2.30. The average molecular weight is 284 g/mol. The molecule has 0 amide bonds. The molecule has 1 aromatic carbocycles. The van der Waals surface area contributed by atoms with Gasteiger partial charge >= 0.3 is 0 Å². The van der Waals surface area contributed by atoms with Crippen LogP contribution in [-0.2, 0) is 17.8 Å². The van der Waals surface area contributed by atoms with Crippen LogP contribution in [0.5, 0.6) is 0 Å². The molecular weight excluding hydrogens is 268 g/mol. The van der Waals surface area contributed by atoms with Crippen LogP contribution in [0.2, 0.25) is 0 Å². The molecule has 0 N–H and O–H groups in total. The summed E-state index contributed by atoms with van der Waals surface area (Å²) >= 11 is 0. The van der Waals surface area contributed by atoms with Crippen LogP contribution >= 0.6 is 0 Å². The smallest absolute Gasteiger partial charge is 0.140 e. The summed E-state index contributed by atoms with van der Waals surface area (Å²) in [6.07, 6.45) is 5.66. The van der Waals surface area contributed by atoms with E-state index in [1.807, 2.05) is 49.0 Å². The van der Waals surface area contributed by atoms with E-state index in [9.17, 15) is 4.21 Å². The maximum absolute atomic E-state index is 11.6. The summed E-state index contributed by atoms with van der Waals surface area (Å²) in [6, 6.07) is 10.0. The van der Waals surface area contributed by atoms with E-state index >= 15 is 0 Å². The Bertz CT molecular complexity index is 820. The van der Waals surface area contributed by atoms with Crippen molar-refractivity contribution in [2.45, 2.75) is 11.8 Å². The number of aromatic nitrogens is 2. The predicted octanol–water partition coefficient (Wildman–Crippen LogP) is 3.29. The fourth-order valence-electron chi connectivity index (χ4n) is 2.44. The van der Waals surface area contributed by atoms with E-state index in [4.69, 9.17) is 0 Å². The van der Waals surface area contributed by atoms with Crippen molar-refractivity contribution in [3.8, 4) is 11.1 Å². The van der Waals surface area contributed by atoms with Crippen molar-refractivity contribution in [2.24, 2.45) is 7.05 Å². The minimum Gasteiger partial charge on any atom is -0.335 e. The summed E-state index contributed by atoms with van der Waals surface area (Å²) in [5.41, 5.74) is 4.32. The molecule has 0 aliphatic heterocycles. The van der Waals surface area contributed by atoms with Gasteiger partial charge in [-0.3, -0.25) is 4.21 Å². The number of nitrogens with zero attached hydrogens (tertiary/aromatic N) is 2. The summed E-state index contributed by atoms with van der Waals surface area (Å²) in [7, 11) is 1.03. The second-order valence-electron chi connectivity index (χ2n) is 5.02. The Morgan fingerprint density at radius 2 is 2.05 bits per heavy atom. The van der Waals surface area contributed by atoms with Crippen LogP contribution < -0.4 is 0 Å². The molecule has 0 saturated carbocycles. The minimum absolute atomic E-state index is 0.847. The summed E-state index contributed by atoms with van der Waals surface area (Å²) < 4.78 is 13.7. The monoisotopic (exact) mass is 284 g/mol. The average Bonchev–Trinajstić information content (AvgIpc) is 2.75. The second kappa shape index (κ2) is 4.87. The van der Waals surface area contributed by atoms with Gasteiger partial charge in [0.05, 0.1) is 0 Å². The van der Waals surface area contributed by atoms with Crippen molar-refractivity contribution in [3.05, 3.63) is 48.3 Å². The number of fused-ring (bicyclic) bond motifs is 1. The molecule has 3 rings (SSSR count). The Labute approximate surface area is 120 Å². The van der Waals surface area contributed by atoms with E-state index < -0.39 is 10.8 Å². The van der Waals surface area contributed by atoms with Gasteiger partial charge in [0.2, 0.25) is 0 Å². The molecule has 102 valence electrons. The molecule has 0 radical (unpaired) electrons.